The lowest BCUT2D eigenvalue weighted by atomic mass is 10.3. The predicted molar refractivity (Wildman–Crippen MR) is 84.4 cm³/mol. The number of hydrogen-bond acceptors (Lipinski definition) is 4. The Hall–Kier alpha value is -1.69. The van der Waals surface area contributed by atoms with Crippen molar-refractivity contribution in [1.82, 2.24) is 9.97 Å². The first kappa shape index (κ1) is 15.7. The minimum absolute atomic E-state index is 0.139. The van der Waals surface area contributed by atoms with Crippen molar-refractivity contribution in [2.45, 2.75) is 26.7 Å². The molecule has 1 aromatic carbocycles. The van der Waals surface area contributed by atoms with E-state index >= 15 is 0 Å². The molecule has 0 amide bonds. The molecule has 0 aliphatic carbocycles. The molecule has 0 fully saturated rings. The Kier molecular flexibility index (Phi) is 5.50. The third kappa shape index (κ3) is 4.39. The van der Waals surface area contributed by atoms with Crippen molar-refractivity contribution >= 4 is 21.7 Å². The Morgan fingerprint density at radius 2 is 2.05 bits per heavy atom. The first-order chi connectivity index (χ1) is 10.1. The Labute approximate surface area is 131 Å². The van der Waals surface area contributed by atoms with E-state index in [1.54, 1.807) is 18.2 Å². The van der Waals surface area contributed by atoms with Crippen molar-refractivity contribution in [3.05, 3.63) is 40.4 Å². The Morgan fingerprint density at radius 3 is 2.71 bits per heavy atom. The maximum Gasteiger partial charge on any atom is 0.224 e. The number of aryl methyl sites for hydroxylation is 1. The van der Waals surface area contributed by atoms with E-state index in [0.717, 1.165) is 13.0 Å². The number of anilines is 1. The normalized spacial score (nSPS) is 10.5. The summed E-state index contributed by atoms with van der Waals surface area (Å²) in [5.74, 6) is 1.38. The molecule has 4 nitrogen and oxygen atoms in total. The fourth-order valence-corrected chi connectivity index (χ4v) is 2.03. The van der Waals surface area contributed by atoms with E-state index in [0.29, 0.717) is 28.4 Å². The molecule has 1 aromatic heterocycles. The molecular formula is C15H17BrFN3O. The highest BCUT2D eigenvalue weighted by Crippen LogP contribution is 2.26. The van der Waals surface area contributed by atoms with E-state index in [1.807, 2.05) is 6.92 Å². The second-order valence-corrected chi connectivity index (χ2v) is 5.38. The zero-order valence-electron chi connectivity index (χ0n) is 12.0. The fraction of sp³-hybridized carbons (Fsp3) is 0.333. The minimum atomic E-state index is -0.441. The Balaban J connectivity index is 2.25. The Bertz CT molecular complexity index is 622. The van der Waals surface area contributed by atoms with Crippen LogP contribution in [0.15, 0.2) is 28.7 Å². The van der Waals surface area contributed by atoms with Crippen LogP contribution in [0.1, 0.15) is 26.1 Å². The topological polar surface area (TPSA) is 47.0 Å². The summed E-state index contributed by atoms with van der Waals surface area (Å²) in [7, 11) is 0. The highest BCUT2D eigenvalue weighted by molar-refractivity contribution is 9.10. The molecule has 0 radical (unpaired) electrons. The van der Waals surface area contributed by atoms with Gasteiger partial charge in [-0.25, -0.2) is 9.37 Å². The van der Waals surface area contributed by atoms with Crippen LogP contribution in [0.4, 0.5) is 10.2 Å². The number of nitrogens with one attached hydrogen (secondary N) is 1. The molecule has 0 unspecified atom stereocenters. The summed E-state index contributed by atoms with van der Waals surface area (Å²) in [6, 6.07) is 6.31. The van der Waals surface area contributed by atoms with Crippen LogP contribution in [0.3, 0.4) is 0 Å². The molecule has 2 rings (SSSR count). The van der Waals surface area contributed by atoms with Gasteiger partial charge in [0.2, 0.25) is 5.88 Å². The summed E-state index contributed by atoms with van der Waals surface area (Å²) in [6.07, 6.45) is 1.67. The van der Waals surface area contributed by atoms with Crippen molar-refractivity contribution in [2.24, 2.45) is 0 Å². The van der Waals surface area contributed by atoms with Crippen molar-refractivity contribution in [3.63, 3.8) is 0 Å². The molecular weight excluding hydrogens is 337 g/mol. The van der Waals surface area contributed by atoms with E-state index < -0.39 is 5.82 Å². The van der Waals surface area contributed by atoms with Crippen LogP contribution in [0.25, 0.3) is 0 Å². The summed E-state index contributed by atoms with van der Waals surface area (Å²) >= 11 is 3.21. The van der Waals surface area contributed by atoms with Gasteiger partial charge in [0.25, 0.3) is 0 Å². The van der Waals surface area contributed by atoms with Gasteiger partial charge in [-0.05, 0) is 24.6 Å². The zero-order chi connectivity index (χ0) is 15.2. The van der Waals surface area contributed by atoms with Crippen LogP contribution >= 0.6 is 15.9 Å². The lowest BCUT2D eigenvalue weighted by Gasteiger charge is -2.10. The largest absolute Gasteiger partial charge is 0.436 e. The van der Waals surface area contributed by atoms with Gasteiger partial charge in [0.15, 0.2) is 11.6 Å². The van der Waals surface area contributed by atoms with E-state index in [9.17, 15) is 4.39 Å². The summed E-state index contributed by atoms with van der Waals surface area (Å²) in [6.45, 7) is 4.85. The van der Waals surface area contributed by atoms with Crippen LogP contribution < -0.4 is 10.1 Å². The summed E-state index contributed by atoms with van der Waals surface area (Å²) in [5.41, 5.74) is 0. The van der Waals surface area contributed by atoms with Crippen molar-refractivity contribution in [2.75, 3.05) is 11.9 Å². The zero-order valence-corrected chi connectivity index (χ0v) is 13.6. The summed E-state index contributed by atoms with van der Waals surface area (Å²) < 4.78 is 20.0. The molecule has 0 aliphatic heterocycles. The molecule has 6 heteroatoms. The molecule has 0 aliphatic rings. The van der Waals surface area contributed by atoms with Gasteiger partial charge in [-0.15, -0.1) is 0 Å². The SMILES string of the molecule is CCCNc1cc(Oc2ccc(Br)cc2F)nc(CC)n1. The molecule has 0 saturated carbocycles. The van der Waals surface area contributed by atoms with Gasteiger partial charge in [-0.3, -0.25) is 0 Å². The summed E-state index contributed by atoms with van der Waals surface area (Å²) in [5, 5.41) is 3.19. The number of aromatic nitrogens is 2. The van der Waals surface area contributed by atoms with Gasteiger partial charge in [0, 0.05) is 23.5 Å². The third-order valence-electron chi connectivity index (χ3n) is 2.73. The van der Waals surface area contributed by atoms with Gasteiger partial charge in [-0.1, -0.05) is 29.8 Å². The summed E-state index contributed by atoms with van der Waals surface area (Å²) in [4.78, 5) is 8.63. The molecule has 112 valence electrons. The second-order valence-electron chi connectivity index (χ2n) is 4.46. The van der Waals surface area contributed by atoms with Gasteiger partial charge >= 0.3 is 0 Å². The lowest BCUT2D eigenvalue weighted by molar-refractivity contribution is 0.424. The highest BCUT2D eigenvalue weighted by Gasteiger charge is 2.09. The van der Waals surface area contributed by atoms with Crippen molar-refractivity contribution < 1.29 is 9.13 Å². The fourth-order valence-electron chi connectivity index (χ4n) is 1.70. The van der Waals surface area contributed by atoms with E-state index in [4.69, 9.17) is 4.74 Å². The number of hydrogen-bond donors (Lipinski definition) is 1. The van der Waals surface area contributed by atoms with Gasteiger partial charge in [-0.2, -0.15) is 4.98 Å². The molecule has 0 atom stereocenters. The second kappa shape index (κ2) is 7.36. The maximum atomic E-state index is 13.8. The molecule has 1 N–H and O–H groups in total. The van der Waals surface area contributed by atoms with Gasteiger partial charge in [0.05, 0.1) is 0 Å². The molecule has 0 spiro atoms. The molecule has 0 bridgehead atoms. The number of benzene rings is 1. The van der Waals surface area contributed by atoms with Crippen LogP contribution in [-0.4, -0.2) is 16.5 Å². The molecule has 1 heterocycles. The Morgan fingerprint density at radius 1 is 1.24 bits per heavy atom. The van der Waals surface area contributed by atoms with E-state index in [2.05, 4.69) is 38.1 Å². The smallest absolute Gasteiger partial charge is 0.224 e. The molecule has 2 aromatic rings. The highest BCUT2D eigenvalue weighted by atomic mass is 79.9. The minimum Gasteiger partial charge on any atom is -0.436 e. The lowest BCUT2D eigenvalue weighted by Crippen LogP contribution is -2.05. The third-order valence-corrected chi connectivity index (χ3v) is 3.22. The number of halogens is 2. The standard InChI is InChI=1S/C15H17BrFN3O/c1-3-7-18-14-9-15(20-13(4-2)19-14)21-12-6-5-10(16)8-11(12)17/h5-6,8-9H,3-4,7H2,1-2H3,(H,18,19,20). The quantitative estimate of drug-likeness (QED) is 0.827. The molecule has 0 saturated heterocycles. The van der Waals surface area contributed by atoms with Crippen LogP contribution in [0, 0.1) is 5.82 Å². The van der Waals surface area contributed by atoms with Crippen LogP contribution in [0.2, 0.25) is 0 Å². The van der Waals surface area contributed by atoms with Gasteiger partial charge in [0.1, 0.15) is 11.6 Å². The first-order valence-electron chi connectivity index (χ1n) is 6.87. The maximum absolute atomic E-state index is 13.8. The van der Waals surface area contributed by atoms with E-state index in [1.165, 1.54) is 6.07 Å². The van der Waals surface area contributed by atoms with Crippen LogP contribution in [0.5, 0.6) is 11.6 Å². The molecule has 21 heavy (non-hydrogen) atoms. The number of nitrogens with zero attached hydrogens (tertiary/aromatic N) is 2. The number of ether oxygens (including phenoxy) is 1. The average Bonchev–Trinajstić information content (AvgIpc) is 2.48. The van der Waals surface area contributed by atoms with Crippen molar-refractivity contribution in [3.8, 4) is 11.6 Å². The van der Waals surface area contributed by atoms with Crippen molar-refractivity contribution in [1.29, 1.82) is 0 Å². The first-order valence-corrected chi connectivity index (χ1v) is 7.66. The van der Waals surface area contributed by atoms with Crippen LogP contribution in [-0.2, 0) is 6.42 Å². The van der Waals surface area contributed by atoms with E-state index in [-0.39, 0.29) is 5.75 Å². The monoisotopic (exact) mass is 353 g/mol. The predicted octanol–water partition coefficient (Wildman–Crippen LogP) is 4.55. The number of rotatable bonds is 6. The van der Waals surface area contributed by atoms with Gasteiger partial charge < -0.3 is 10.1 Å². The average molecular weight is 354 g/mol.